The number of para-hydroxylation sites is 2. The van der Waals surface area contributed by atoms with Crippen LogP contribution in [-0.2, 0) is 17.9 Å². The molecule has 1 heterocycles. The van der Waals surface area contributed by atoms with Crippen molar-refractivity contribution in [2.45, 2.75) is 13.2 Å². The Balaban J connectivity index is 1.34. The molecule has 5 nitrogen and oxygen atoms in total. The summed E-state index contributed by atoms with van der Waals surface area (Å²) < 4.78 is 13.2. The highest BCUT2D eigenvalue weighted by molar-refractivity contribution is 5.94. The van der Waals surface area contributed by atoms with Crippen molar-refractivity contribution >= 4 is 27.8 Å². The zero-order chi connectivity index (χ0) is 22.6. The molecule has 0 fully saturated rings. The van der Waals surface area contributed by atoms with Crippen LogP contribution in [0.25, 0.3) is 21.8 Å². The Kier molecular flexibility index (Phi) is 5.60. The van der Waals surface area contributed by atoms with E-state index in [9.17, 15) is 9.59 Å². The molecule has 5 rings (SSSR count). The monoisotopic (exact) mass is 435 g/mol. The number of carbonyl (C=O) groups excluding carboxylic acids is 1. The molecule has 0 saturated carbocycles. The Morgan fingerprint density at radius 3 is 1.85 bits per heavy atom. The van der Waals surface area contributed by atoms with E-state index in [0.29, 0.717) is 39.9 Å². The van der Waals surface area contributed by atoms with E-state index >= 15 is 0 Å². The smallest absolute Gasteiger partial charge is 0.331 e. The Bertz CT molecular complexity index is 1430. The van der Waals surface area contributed by atoms with Crippen LogP contribution in [-0.4, -0.2) is 10.5 Å². The molecule has 0 aliphatic rings. The number of nitrogens with zero attached hydrogens (tertiary/aromatic N) is 1. The number of carbonyl (C=O) groups is 1. The van der Waals surface area contributed by atoms with Crippen molar-refractivity contribution in [1.29, 1.82) is 0 Å². The molecule has 0 saturated heterocycles. The van der Waals surface area contributed by atoms with Gasteiger partial charge in [-0.25, -0.2) is 4.79 Å². The lowest BCUT2D eigenvalue weighted by molar-refractivity contribution is -0.134. The summed E-state index contributed by atoms with van der Waals surface area (Å²) in [6.07, 6.45) is 0. The summed E-state index contributed by atoms with van der Waals surface area (Å²) in [6.45, 7) is 0.444. The number of esters is 1. The Morgan fingerprint density at radius 1 is 0.667 bits per heavy atom. The minimum absolute atomic E-state index is 0.0203. The van der Waals surface area contributed by atoms with Crippen molar-refractivity contribution in [2.75, 3.05) is 0 Å². The van der Waals surface area contributed by atoms with Crippen LogP contribution in [0.1, 0.15) is 5.56 Å². The fourth-order valence-corrected chi connectivity index (χ4v) is 3.88. The third kappa shape index (κ3) is 4.34. The molecule has 0 atom stereocenters. The van der Waals surface area contributed by atoms with Gasteiger partial charge in [-0.15, -0.1) is 0 Å². The van der Waals surface area contributed by atoms with E-state index in [0.717, 1.165) is 5.56 Å². The fourth-order valence-electron chi connectivity index (χ4n) is 3.88. The summed E-state index contributed by atoms with van der Waals surface area (Å²) in [5.41, 5.74) is 2.43. The molecule has 33 heavy (non-hydrogen) atoms. The number of hydrogen-bond donors (Lipinski definition) is 0. The molecule has 0 amide bonds. The van der Waals surface area contributed by atoms with Crippen LogP contribution in [0.5, 0.6) is 11.5 Å². The zero-order valence-electron chi connectivity index (χ0n) is 17.8. The number of rotatable bonds is 6. The zero-order valence-corrected chi connectivity index (χ0v) is 17.8. The number of benzene rings is 4. The first kappa shape index (κ1) is 20.5. The second-order valence-corrected chi connectivity index (χ2v) is 7.67. The van der Waals surface area contributed by atoms with Crippen molar-refractivity contribution in [3.8, 4) is 11.5 Å². The predicted molar refractivity (Wildman–Crippen MR) is 129 cm³/mol. The van der Waals surface area contributed by atoms with Gasteiger partial charge >= 0.3 is 5.97 Å². The van der Waals surface area contributed by atoms with Gasteiger partial charge in [0, 0.05) is 10.8 Å². The van der Waals surface area contributed by atoms with E-state index in [1.165, 1.54) is 0 Å². The van der Waals surface area contributed by atoms with Crippen molar-refractivity contribution in [2.24, 2.45) is 0 Å². The maximum Gasteiger partial charge on any atom is 0.331 e. The molecule has 0 N–H and O–H groups in total. The quantitative estimate of drug-likeness (QED) is 0.205. The van der Waals surface area contributed by atoms with E-state index in [-0.39, 0.29) is 12.0 Å². The lowest BCUT2D eigenvalue weighted by atomic mass is 10.1. The van der Waals surface area contributed by atoms with Gasteiger partial charge in [-0.3, -0.25) is 4.79 Å². The molecule has 4 aromatic carbocycles. The number of aromatic nitrogens is 1. The highest BCUT2D eigenvalue weighted by atomic mass is 16.5. The summed E-state index contributed by atoms with van der Waals surface area (Å²) in [7, 11) is 0. The summed E-state index contributed by atoms with van der Waals surface area (Å²) in [5.74, 6) is 0.699. The van der Waals surface area contributed by atoms with Gasteiger partial charge in [-0.1, -0.05) is 54.6 Å². The molecule has 5 heteroatoms. The van der Waals surface area contributed by atoms with Crippen LogP contribution in [0.3, 0.4) is 0 Å². The Labute approximate surface area is 190 Å². The molecular formula is C28H21NO4. The van der Waals surface area contributed by atoms with E-state index in [4.69, 9.17) is 9.47 Å². The predicted octanol–water partition coefficient (Wildman–Crippen LogP) is 5.34. The van der Waals surface area contributed by atoms with Gasteiger partial charge in [0.2, 0.25) is 0 Å². The third-order valence-electron chi connectivity index (χ3n) is 5.47. The van der Waals surface area contributed by atoms with Gasteiger partial charge in [-0.2, -0.15) is 0 Å². The van der Waals surface area contributed by atoms with Crippen molar-refractivity contribution < 1.29 is 14.3 Å². The number of hydrogen-bond acceptors (Lipinski definition) is 4. The molecule has 0 aliphatic heterocycles. The average molecular weight is 435 g/mol. The topological polar surface area (TPSA) is 57.5 Å². The SMILES string of the molecule is O=C(Cn1c2ccccc2c(=O)c2ccccc21)Oc1ccc(OCc2ccccc2)cc1. The molecule has 1 aromatic heterocycles. The van der Waals surface area contributed by atoms with E-state index in [1.807, 2.05) is 71.3 Å². The number of ether oxygens (including phenoxy) is 2. The highest BCUT2D eigenvalue weighted by Crippen LogP contribution is 2.21. The molecule has 0 bridgehead atoms. The average Bonchev–Trinajstić information content (AvgIpc) is 2.87. The first-order valence-corrected chi connectivity index (χ1v) is 10.7. The summed E-state index contributed by atoms with van der Waals surface area (Å²) >= 11 is 0. The van der Waals surface area contributed by atoms with Gasteiger partial charge in [-0.05, 0) is 54.1 Å². The Morgan fingerprint density at radius 2 is 1.21 bits per heavy atom. The summed E-state index contributed by atoms with van der Waals surface area (Å²) in [4.78, 5) is 25.6. The van der Waals surface area contributed by atoms with E-state index in [2.05, 4.69) is 0 Å². The van der Waals surface area contributed by atoms with E-state index in [1.54, 1.807) is 36.4 Å². The van der Waals surface area contributed by atoms with Crippen LogP contribution in [0.2, 0.25) is 0 Å². The first-order chi connectivity index (χ1) is 16.2. The third-order valence-corrected chi connectivity index (χ3v) is 5.47. The van der Waals surface area contributed by atoms with Crippen molar-refractivity contribution in [3.63, 3.8) is 0 Å². The van der Waals surface area contributed by atoms with Crippen molar-refractivity contribution in [3.05, 3.63) is 119 Å². The summed E-state index contributed by atoms with van der Waals surface area (Å²) in [5, 5.41) is 1.15. The molecule has 0 unspecified atom stereocenters. The highest BCUT2D eigenvalue weighted by Gasteiger charge is 2.14. The van der Waals surface area contributed by atoms with Gasteiger partial charge < -0.3 is 14.0 Å². The van der Waals surface area contributed by atoms with Crippen LogP contribution in [0.15, 0.2) is 108 Å². The standard InChI is InChI=1S/C28H21NO4/c30-27(33-22-16-14-21(15-17-22)32-19-20-8-2-1-3-9-20)18-29-25-12-6-4-10-23(25)28(31)24-11-5-7-13-26(24)29/h1-17H,18-19H2. The molecule has 0 radical (unpaired) electrons. The van der Waals surface area contributed by atoms with Gasteiger partial charge in [0.1, 0.15) is 24.7 Å². The molecule has 0 spiro atoms. The van der Waals surface area contributed by atoms with Gasteiger partial charge in [0.05, 0.1) is 11.0 Å². The van der Waals surface area contributed by atoms with Gasteiger partial charge in [0.25, 0.3) is 0 Å². The van der Waals surface area contributed by atoms with Crippen LogP contribution < -0.4 is 14.9 Å². The largest absolute Gasteiger partial charge is 0.489 e. The molecule has 0 aliphatic carbocycles. The number of pyridine rings is 1. The lowest BCUT2D eigenvalue weighted by Gasteiger charge is -2.14. The normalized spacial score (nSPS) is 10.9. The van der Waals surface area contributed by atoms with Gasteiger partial charge in [0.15, 0.2) is 5.43 Å². The molecular weight excluding hydrogens is 414 g/mol. The summed E-state index contributed by atoms with van der Waals surface area (Å²) in [6, 6.07) is 31.5. The van der Waals surface area contributed by atoms with Crippen LogP contribution in [0.4, 0.5) is 0 Å². The minimum atomic E-state index is -0.424. The van der Waals surface area contributed by atoms with Crippen LogP contribution >= 0.6 is 0 Å². The minimum Gasteiger partial charge on any atom is -0.489 e. The maximum absolute atomic E-state index is 12.9. The molecule has 5 aromatic rings. The maximum atomic E-state index is 12.9. The fraction of sp³-hybridized carbons (Fsp3) is 0.0714. The van der Waals surface area contributed by atoms with Crippen LogP contribution in [0, 0.1) is 0 Å². The Hall–Kier alpha value is -4.38. The van der Waals surface area contributed by atoms with E-state index < -0.39 is 5.97 Å². The first-order valence-electron chi connectivity index (χ1n) is 10.7. The number of fused-ring (bicyclic) bond motifs is 2. The second-order valence-electron chi connectivity index (χ2n) is 7.67. The molecule has 162 valence electrons. The van der Waals surface area contributed by atoms with Crippen molar-refractivity contribution in [1.82, 2.24) is 4.57 Å². The lowest BCUT2D eigenvalue weighted by Crippen LogP contribution is -2.19. The second kappa shape index (κ2) is 9.01.